The van der Waals surface area contributed by atoms with Crippen LogP contribution in [0.2, 0.25) is 0 Å². The Kier molecular flexibility index (Phi) is 5.82. The lowest BCUT2D eigenvalue weighted by Gasteiger charge is -2.33. The quantitative estimate of drug-likeness (QED) is 0.866. The van der Waals surface area contributed by atoms with Crippen molar-refractivity contribution >= 4 is 11.6 Å². The molecule has 0 spiro atoms. The van der Waals surface area contributed by atoms with Gasteiger partial charge in [0.2, 0.25) is 0 Å². The Labute approximate surface area is 156 Å². The van der Waals surface area contributed by atoms with E-state index < -0.39 is 0 Å². The van der Waals surface area contributed by atoms with Gasteiger partial charge in [0.1, 0.15) is 5.75 Å². The number of benzene rings is 2. The molecule has 1 saturated heterocycles. The molecule has 1 amide bonds. The predicted octanol–water partition coefficient (Wildman–Crippen LogP) is 4.42. The summed E-state index contributed by atoms with van der Waals surface area (Å²) in [5, 5.41) is 3.06. The molecule has 1 heterocycles. The second-order valence-electron chi connectivity index (χ2n) is 7.21. The Bertz CT molecular complexity index is 725. The van der Waals surface area contributed by atoms with Crippen molar-refractivity contribution in [2.75, 3.05) is 25.1 Å². The summed E-state index contributed by atoms with van der Waals surface area (Å²) in [6.07, 6.45) is 2.58. The van der Waals surface area contributed by atoms with Crippen molar-refractivity contribution in [2.45, 2.75) is 32.7 Å². The van der Waals surface area contributed by atoms with Crippen LogP contribution in [0.25, 0.3) is 0 Å². The summed E-state index contributed by atoms with van der Waals surface area (Å²) in [5.74, 6) is 1.43. The molecule has 0 aliphatic carbocycles. The molecule has 3 rings (SSSR count). The number of anilines is 1. The van der Waals surface area contributed by atoms with Gasteiger partial charge in [-0.05, 0) is 67.6 Å². The second kappa shape index (κ2) is 8.26. The van der Waals surface area contributed by atoms with Crippen LogP contribution >= 0.6 is 0 Å². The molecule has 2 atom stereocenters. The molecule has 2 aromatic carbocycles. The average Bonchev–Trinajstić information content (AvgIpc) is 2.68. The van der Waals surface area contributed by atoms with E-state index in [2.05, 4.69) is 41.4 Å². The van der Waals surface area contributed by atoms with Crippen molar-refractivity contribution in [3.05, 3.63) is 59.7 Å². The molecule has 138 valence electrons. The Morgan fingerprint density at radius 3 is 2.46 bits per heavy atom. The highest BCUT2D eigenvalue weighted by molar-refractivity contribution is 5.94. The average molecular weight is 352 g/mol. The minimum absolute atomic E-state index is 0.0427. The molecule has 0 aromatic heterocycles. The van der Waals surface area contributed by atoms with Crippen molar-refractivity contribution < 1.29 is 9.53 Å². The van der Waals surface area contributed by atoms with Crippen LogP contribution < -0.4 is 15.0 Å². The van der Waals surface area contributed by atoms with Crippen LogP contribution in [-0.2, 0) is 0 Å². The van der Waals surface area contributed by atoms with Gasteiger partial charge in [0.05, 0.1) is 13.2 Å². The van der Waals surface area contributed by atoms with E-state index in [1.165, 1.54) is 18.5 Å². The Balaban J connectivity index is 1.62. The fraction of sp³-hybridized carbons (Fsp3) is 0.409. The lowest BCUT2D eigenvalue weighted by atomic mass is 9.99. The number of nitrogens with zero attached hydrogens (tertiary/aromatic N) is 1. The molecule has 2 aromatic rings. The molecule has 1 fully saturated rings. The van der Waals surface area contributed by atoms with Gasteiger partial charge in [0, 0.05) is 24.3 Å². The number of rotatable bonds is 5. The van der Waals surface area contributed by atoms with Gasteiger partial charge in [-0.15, -0.1) is 0 Å². The van der Waals surface area contributed by atoms with Gasteiger partial charge in [0.25, 0.3) is 5.91 Å². The number of amides is 1. The molecule has 1 aliphatic rings. The van der Waals surface area contributed by atoms with Crippen LogP contribution in [-0.4, -0.2) is 26.1 Å². The molecule has 0 unspecified atom stereocenters. The monoisotopic (exact) mass is 352 g/mol. The number of methoxy groups -OCH3 is 1. The predicted molar refractivity (Wildman–Crippen MR) is 106 cm³/mol. The van der Waals surface area contributed by atoms with Crippen LogP contribution in [0.5, 0.6) is 5.75 Å². The topological polar surface area (TPSA) is 41.6 Å². The fourth-order valence-corrected chi connectivity index (χ4v) is 3.50. The van der Waals surface area contributed by atoms with E-state index in [0.717, 1.165) is 30.3 Å². The van der Waals surface area contributed by atoms with Crippen LogP contribution in [0, 0.1) is 5.92 Å². The minimum Gasteiger partial charge on any atom is -0.497 e. The fourth-order valence-electron chi connectivity index (χ4n) is 3.50. The molecule has 1 N–H and O–H groups in total. The molecule has 0 saturated carbocycles. The zero-order valence-corrected chi connectivity index (χ0v) is 15.9. The van der Waals surface area contributed by atoms with E-state index in [-0.39, 0.29) is 11.9 Å². The largest absolute Gasteiger partial charge is 0.497 e. The summed E-state index contributed by atoms with van der Waals surface area (Å²) in [4.78, 5) is 14.9. The maximum Gasteiger partial charge on any atom is 0.251 e. The maximum atomic E-state index is 12.4. The SMILES string of the molecule is COc1ccc(C(=O)N[C@H](C)c2ccc(N3CCC[C@H](C)C3)cc2)cc1. The van der Waals surface area contributed by atoms with Gasteiger partial charge in [-0.1, -0.05) is 19.1 Å². The zero-order chi connectivity index (χ0) is 18.5. The Hall–Kier alpha value is -2.49. The van der Waals surface area contributed by atoms with Crippen LogP contribution in [0.4, 0.5) is 5.69 Å². The third-order valence-electron chi connectivity index (χ3n) is 5.12. The van der Waals surface area contributed by atoms with E-state index in [4.69, 9.17) is 4.74 Å². The highest BCUT2D eigenvalue weighted by Gasteiger charge is 2.17. The molecule has 0 radical (unpaired) electrons. The summed E-state index contributed by atoms with van der Waals surface area (Å²) in [5.41, 5.74) is 3.02. The van der Waals surface area contributed by atoms with E-state index in [9.17, 15) is 4.79 Å². The van der Waals surface area contributed by atoms with Crippen LogP contribution in [0.1, 0.15) is 48.7 Å². The van der Waals surface area contributed by atoms with Crippen LogP contribution in [0.3, 0.4) is 0 Å². The first-order chi connectivity index (χ1) is 12.6. The number of carbonyl (C=O) groups is 1. The highest BCUT2D eigenvalue weighted by atomic mass is 16.5. The van der Waals surface area contributed by atoms with E-state index in [1.807, 2.05) is 6.92 Å². The zero-order valence-electron chi connectivity index (χ0n) is 15.9. The molecule has 0 bridgehead atoms. The number of nitrogens with one attached hydrogen (secondary N) is 1. The molecule has 26 heavy (non-hydrogen) atoms. The van der Waals surface area contributed by atoms with Gasteiger partial charge >= 0.3 is 0 Å². The Morgan fingerprint density at radius 1 is 1.15 bits per heavy atom. The standard InChI is InChI=1S/C22H28N2O2/c1-16-5-4-14-24(15-16)20-10-6-18(7-11-20)17(2)23-22(25)19-8-12-21(26-3)13-9-19/h6-13,16-17H,4-5,14-15H2,1-3H3,(H,23,25)/t16-,17+/m0/s1. The van der Waals surface area contributed by atoms with E-state index in [0.29, 0.717) is 5.56 Å². The maximum absolute atomic E-state index is 12.4. The summed E-state index contributed by atoms with van der Waals surface area (Å²) in [6.45, 7) is 6.59. The lowest BCUT2D eigenvalue weighted by Crippen LogP contribution is -2.34. The number of carbonyl (C=O) groups excluding carboxylic acids is 1. The van der Waals surface area contributed by atoms with Crippen molar-refractivity contribution in [3.8, 4) is 5.75 Å². The van der Waals surface area contributed by atoms with Gasteiger partial charge in [-0.3, -0.25) is 4.79 Å². The molecule has 4 heteroatoms. The number of piperidine rings is 1. The van der Waals surface area contributed by atoms with Crippen LogP contribution in [0.15, 0.2) is 48.5 Å². The van der Waals surface area contributed by atoms with Crippen molar-refractivity contribution in [1.29, 1.82) is 0 Å². The van der Waals surface area contributed by atoms with Crippen molar-refractivity contribution in [1.82, 2.24) is 5.32 Å². The normalized spacial score (nSPS) is 18.3. The number of hydrogen-bond acceptors (Lipinski definition) is 3. The number of ether oxygens (including phenoxy) is 1. The summed E-state index contributed by atoms with van der Waals surface area (Å²) in [6, 6.07) is 15.7. The molecular weight excluding hydrogens is 324 g/mol. The summed E-state index contributed by atoms with van der Waals surface area (Å²) >= 11 is 0. The van der Waals surface area contributed by atoms with Crippen molar-refractivity contribution in [2.24, 2.45) is 5.92 Å². The lowest BCUT2D eigenvalue weighted by molar-refractivity contribution is 0.0940. The Morgan fingerprint density at radius 2 is 1.85 bits per heavy atom. The van der Waals surface area contributed by atoms with Crippen molar-refractivity contribution in [3.63, 3.8) is 0 Å². The third-order valence-corrected chi connectivity index (χ3v) is 5.12. The first-order valence-electron chi connectivity index (χ1n) is 9.36. The smallest absolute Gasteiger partial charge is 0.251 e. The first kappa shape index (κ1) is 18.3. The van der Waals surface area contributed by atoms with E-state index >= 15 is 0 Å². The first-order valence-corrected chi connectivity index (χ1v) is 9.36. The molecule has 1 aliphatic heterocycles. The van der Waals surface area contributed by atoms with Gasteiger partial charge in [-0.25, -0.2) is 0 Å². The van der Waals surface area contributed by atoms with Gasteiger partial charge in [-0.2, -0.15) is 0 Å². The highest BCUT2D eigenvalue weighted by Crippen LogP contribution is 2.24. The third kappa shape index (κ3) is 4.37. The molecule has 4 nitrogen and oxygen atoms in total. The second-order valence-corrected chi connectivity index (χ2v) is 7.21. The summed E-state index contributed by atoms with van der Waals surface area (Å²) < 4.78 is 5.13. The molecular formula is C22H28N2O2. The van der Waals surface area contributed by atoms with Gasteiger partial charge < -0.3 is 15.0 Å². The summed E-state index contributed by atoms with van der Waals surface area (Å²) in [7, 11) is 1.62. The van der Waals surface area contributed by atoms with Gasteiger partial charge in [0.15, 0.2) is 0 Å². The number of hydrogen-bond donors (Lipinski definition) is 1. The van der Waals surface area contributed by atoms with E-state index in [1.54, 1.807) is 31.4 Å². The minimum atomic E-state index is -0.0749.